The van der Waals surface area contributed by atoms with E-state index < -0.39 is 0 Å². The summed E-state index contributed by atoms with van der Waals surface area (Å²) in [5, 5.41) is 0. The molecule has 0 fully saturated rings. The lowest BCUT2D eigenvalue weighted by molar-refractivity contribution is 0.162. The molecule has 0 saturated carbocycles. The number of unbranched alkanes of at least 4 members (excludes halogenated alkanes) is 4. The number of hydrogen-bond donors (Lipinski definition) is 0. The molecule has 1 aliphatic rings. The van der Waals surface area contributed by atoms with Crippen LogP contribution in [0.2, 0.25) is 0 Å². The van der Waals surface area contributed by atoms with Gasteiger partial charge in [-0.15, -0.1) is 0 Å². The number of benzene rings is 2. The Labute approximate surface area is 207 Å². The van der Waals surface area contributed by atoms with Crippen LogP contribution >= 0.6 is 15.9 Å². The molecule has 2 aromatic rings. The van der Waals surface area contributed by atoms with Crippen LogP contribution in [0.5, 0.6) is 23.0 Å². The minimum atomic E-state index is 0.349. The number of ether oxygens (including phenoxy) is 4. The van der Waals surface area contributed by atoms with E-state index in [1.807, 2.05) is 0 Å². The number of methoxy groups -OCH3 is 4. The monoisotopic (exact) mass is 519 g/mol. The lowest BCUT2D eigenvalue weighted by Gasteiger charge is -2.38. The average molecular weight is 521 g/mol. The maximum atomic E-state index is 5.65. The van der Waals surface area contributed by atoms with E-state index in [9.17, 15) is 0 Å². The van der Waals surface area contributed by atoms with Gasteiger partial charge in [-0.25, -0.2) is 0 Å². The number of nitrogens with zero attached hydrogens (tertiary/aromatic N) is 1. The standard InChI is InChI=1S/C27H38BrNO4/c1-6-7-8-9-10-11-23-21-17-25(31-3)24(30-2)16-20(21)12-13-29(23)18-19-14-22(28)27(33-5)26(15-19)32-4/h14-17,23H,6-13,18H2,1-5H3. The van der Waals surface area contributed by atoms with Gasteiger partial charge < -0.3 is 18.9 Å². The van der Waals surface area contributed by atoms with Crippen molar-refractivity contribution < 1.29 is 18.9 Å². The Morgan fingerprint density at radius 2 is 1.55 bits per heavy atom. The number of hydrogen-bond acceptors (Lipinski definition) is 5. The Morgan fingerprint density at radius 1 is 0.848 bits per heavy atom. The van der Waals surface area contributed by atoms with Crippen LogP contribution in [0, 0.1) is 0 Å². The van der Waals surface area contributed by atoms with E-state index in [0.29, 0.717) is 6.04 Å². The number of rotatable bonds is 12. The van der Waals surface area contributed by atoms with Gasteiger partial charge in [-0.2, -0.15) is 0 Å². The average Bonchev–Trinajstić information content (AvgIpc) is 2.83. The lowest BCUT2D eigenvalue weighted by atomic mass is 9.88. The summed E-state index contributed by atoms with van der Waals surface area (Å²) in [5.41, 5.74) is 3.95. The molecule has 0 radical (unpaired) electrons. The first kappa shape index (κ1) is 25.7. The van der Waals surface area contributed by atoms with Gasteiger partial charge in [0.25, 0.3) is 0 Å². The van der Waals surface area contributed by atoms with Crippen molar-refractivity contribution in [2.24, 2.45) is 0 Å². The van der Waals surface area contributed by atoms with Gasteiger partial charge in [-0.05, 0) is 69.7 Å². The largest absolute Gasteiger partial charge is 0.493 e. The quantitative estimate of drug-likeness (QED) is 0.284. The predicted molar refractivity (Wildman–Crippen MR) is 137 cm³/mol. The second kappa shape index (κ2) is 12.5. The van der Waals surface area contributed by atoms with Crippen molar-refractivity contribution in [3.05, 3.63) is 45.4 Å². The summed E-state index contributed by atoms with van der Waals surface area (Å²) in [6.45, 7) is 4.13. The fraction of sp³-hybridized carbons (Fsp3) is 0.556. The van der Waals surface area contributed by atoms with Crippen molar-refractivity contribution in [2.45, 2.75) is 64.5 Å². The van der Waals surface area contributed by atoms with Gasteiger partial charge in [-0.3, -0.25) is 4.90 Å². The summed E-state index contributed by atoms with van der Waals surface area (Å²) >= 11 is 3.65. The Kier molecular flexibility index (Phi) is 9.75. The molecule has 2 aromatic carbocycles. The van der Waals surface area contributed by atoms with E-state index in [-0.39, 0.29) is 0 Å². The van der Waals surface area contributed by atoms with Gasteiger partial charge in [0.05, 0.1) is 32.9 Å². The Morgan fingerprint density at radius 3 is 2.21 bits per heavy atom. The molecule has 1 heterocycles. The molecule has 1 atom stereocenters. The third kappa shape index (κ3) is 6.15. The van der Waals surface area contributed by atoms with E-state index in [1.165, 1.54) is 48.8 Å². The van der Waals surface area contributed by atoms with E-state index in [1.54, 1.807) is 28.4 Å². The Hall–Kier alpha value is -1.92. The second-order valence-electron chi connectivity index (χ2n) is 8.66. The molecule has 0 amide bonds. The van der Waals surface area contributed by atoms with Crippen molar-refractivity contribution in [1.29, 1.82) is 0 Å². The maximum Gasteiger partial charge on any atom is 0.174 e. The van der Waals surface area contributed by atoms with Crippen LogP contribution in [0.1, 0.15) is 68.2 Å². The van der Waals surface area contributed by atoms with Crippen LogP contribution in [0.25, 0.3) is 0 Å². The Bertz CT molecular complexity index is 917. The molecule has 0 N–H and O–H groups in total. The highest BCUT2D eigenvalue weighted by molar-refractivity contribution is 9.10. The predicted octanol–water partition coefficient (Wildman–Crippen LogP) is 6.94. The first-order chi connectivity index (χ1) is 16.1. The highest BCUT2D eigenvalue weighted by Crippen LogP contribution is 2.42. The van der Waals surface area contributed by atoms with E-state index >= 15 is 0 Å². The van der Waals surface area contributed by atoms with Crippen LogP contribution in [0.4, 0.5) is 0 Å². The number of fused-ring (bicyclic) bond motifs is 1. The van der Waals surface area contributed by atoms with Gasteiger partial charge in [0.1, 0.15) is 0 Å². The van der Waals surface area contributed by atoms with Crippen molar-refractivity contribution in [3.8, 4) is 23.0 Å². The third-order valence-electron chi connectivity index (χ3n) is 6.57. The van der Waals surface area contributed by atoms with Crippen LogP contribution in [-0.2, 0) is 13.0 Å². The minimum Gasteiger partial charge on any atom is -0.493 e. The molecule has 182 valence electrons. The normalized spacial score (nSPS) is 15.8. The molecule has 0 spiro atoms. The van der Waals surface area contributed by atoms with E-state index in [2.05, 4.69) is 52.0 Å². The van der Waals surface area contributed by atoms with Crippen molar-refractivity contribution in [2.75, 3.05) is 35.0 Å². The summed E-state index contributed by atoms with van der Waals surface area (Å²) in [4.78, 5) is 2.60. The van der Waals surface area contributed by atoms with Gasteiger partial charge in [0.15, 0.2) is 23.0 Å². The van der Waals surface area contributed by atoms with Crippen molar-refractivity contribution in [3.63, 3.8) is 0 Å². The first-order valence-electron chi connectivity index (χ1n) is 11.9. The summed E-state index contributed by atoms with van der Waals surface area (Å²) < 4.78 is 23.2. The van der Waals surface area contributed by atoms with Gasteiger partial charge in [0.2, 0.25) is 0 Å². The zero-order valence-corrected chi connectivity index (χ0v) is 22.3. The van der Waals surface area contributed by atoms with Crippen LogP contribution in [0.3, 0.4) is 0 Å². The van der Waals surface area contributed by atoms with Crippen molar-refractivity contribution in [1.82, 2.24) is 4.90 Å². The zero-order chi connectivity index (χ0) is 23.8. The molecule has 6 heteroatoms. The Balaban J connectivity index is 1.89. The van der Waals surface area contributed by atoms with Gasteiger partial charge >= 0.3 is 0 Å². The molecule has 3 rings (SSSR count). The maximum absolute atomic E-state index is 5.65. The zero-order valence-electron chi connectivity index (χ0n) is 20.7. The molecular weight excluding hydrogens is 482 g/mol. The molecule has 1 aliphatic heterocycles. The molecule has 0 aromatic heterocycles. The highest BCUT2D eigenvalue weighted by Gasteiger charge is 2.29. The molecule has 1 unspecified atom stereocenters. The smallest absolute Gasteiger partial charge is 0.174 e. The fourth-order valence-corrected chi connectivity index (χ4v) is 5.50. The summed E-state index contributed by atoms with van der Waals surface area (Å²) in [6, 6.07) is 8.95. The van der Waals surface area contributed by atoms with E-state index in [4.69, 9.17) is 18.9 Å². The van der Waals surface area contributed by atoms with Crippen LogP contribution in [0.15, 0.2) is 28.7 Å². The second-order valence-corrected chi connectivity index (χ2v) is 9.51. The topological polar surface area (TPSA) is 40.2 Å². The summed E-state index contributed by atoms with van der Waals surface area (Å²) in [7, 11) is 6.77. The third-order valence-corrected chi connectivity index (χ3v) is 7.16. The number of halogens is 1. The fourth-order valence-electron chi connectivity index (χ4n) is 4.85. The molecule has 5 nitrogen and oxygen atoms in total. The van der Waals surface area contributed by atoms with E-state index in [0.717, 1.165) is 53.4 Å². The molecule has 0 bridgehead atoms. The van der Waals surface area contributed by atoms with Crippen molar-refractivity contribution >= 4 is 15.9 Å². The molecule has 33 heavy (non-hydrogen) atoms. The minimum absolute atomic E-state index is 0.349. The molecule has 0 saturated heterocycles. The molecular formula is C27H38BrNO4. The van der Waals surface area contributed by atoms with Crippen LogP contribution < -0.4 is 18.9 Å². The highest BCUT2D eigenvalue weighted by atomic mass is 79.9. The lowest BCUT2D eigenvalue weighted by Crippen LogP contribution is -2.35. The molecule has 0 aliphatic carbocycles. The summed E-state index contributed by atoms with van der Waals surface area (Å²) in [5.74, 6) is 3.11. The van der Waals surface area contributed by atoms with Crippen LogP contribution in [-0.4, -0.2) is 39.9 Å². The van der Waals surface area contributed by atoms with Gasteiger partial charge in [-0.1, -0.05) is 39.0 Å². The summed E-state index contributed by atoms with van der Waals surface area (Å²) in [6.07, 6.45) is 8.54. The van der Waals surface area contributed by atoms with Gasteiger partial charge in [0, 0.05) is 19.1 Å². The SMILES string of the molecule is CCCCCCCC1c2cc(OC)c(OC)cc2CCN1Cc1cc(Br)c(OC)c(OC)c1. The first-order valence-corrected chi connectivity index (χ1v) is 12.7.